The number of nitrogens with one attached hydrogen (secondary N) is 4. The van der Waals surface area contributed by atoms with Crippen LogP contribution in [0.1, 0.15) is 26.7 Å². The molecule has 1 heterocycles. The fraction of sp³-hybridized carbons (Fsp3) is 0.353. The molecule has 1 aromatic carbocycles. The Morgan fingerprint density at radius 2 is 1.31 bits per heavy atom. The normalized spacial score (nSPS) is 10.1. The second-order valence-corrected chi connectivity index (χ2v) is 6.25. The highest BCUT2D eigenvalue weighted by atomic mass is 32.1. The van der Waals surface area contributed by atoms with Crippen LogP contribution in [0.2, 0.25) is 0 Å². The molecule has 0 unspecified atom stereocenters. The van der Waals surface area contributed by atoms with Gasteiger partial charge >= 0.3 is 0 Å². The molecule has 7 nitrogen and oxygen atoms in total. The molecule has 0 radical (unpaired) electrons. The van der Waals surface area contributed by atoms with Gasteiger partial charge < -0.3 is 21.3 Å². The van der Waals surface area contributed by atoms with E-state index < -0.39 is 0 Å². The summed E-state index contributed by atoms with van der Waals surface area (Å²) in [6.45, 7) is 5.69. The molecule has 0 saturated heterocycles. The van der Waals surface area contributed by atoms with Crippen LogP contribution in [-0.2, 0) is 0 Å². The first-order valence-electron chi connectivity index (χ1n) is 8.53. The average Bonchev–Trinajstić information content (AvgIpc) is 2.65. The van der Waals surface area contributed by atoms with Crippen molar-refractivity contribution in [2.24, 2.45) is 0 Å². The molecule has 26 heavy (non-hydrogen) atoms. The minimum atomic E-state index is 0.355. The third-order valence-corrected chi connectivity index (χ3v) is 3.68. The molecule has 9 heteroatoms. The van der Waals surface area contributed by atoms with Gasteiger partial charge in [-0.25, -0.2) is 0 Å². The van der Waals surface area contributed by atoms with Crippen LogP contribution in [0.3, 0.4) is 0 Å². The highest BCUT2D eigenvalue weighted by Crippen LogP contribution is 2.17. The molecule has 0 amide bonds. The van der Waals surface area contributed by atoms with E-state index in [-0.39, 0.29) is 0 Å². The summed E-state index contributed by atoms with van der Waals surface area (Å²) in [6.07, 6.45) is 1.94. The van der Waals surface area contributed by atoms with Crippen LogP contribution in [0.25, 0.3) is 11.4 Å². The zero-order chi connectivity index (χ0) is 18.8. The lowest BCUT2D eigenvalue weighted by Crippen LogP contribution is -2.31. The van der Waals surface area contributed by atoms with E-state index in [0.29, 0.717) is 27.9 Å². The van der Waals surface area contributed by atoms with Gasteiger partial charge in [0.2, 0.25) is 11.9 Å². The Balaban J connectivity index is 2.24. The van der Waals surface area contributed by atoms with Gasteiger partial charge in [-0.05, 0) is 37.3 Å². The summed E-state index contributed by atoms with van der Waals surface area (Å²) in [4.78, 5) is 13.3. The third kappa shape index (κ3) is 6.49. The molecule has 0 bridgehead atoms. The molecule has 2 rings (SSSR count). The summed E-state index contributed by atoms with van der Waals surface area (Å²) in [5.74, 6) is 1.24. The lowest BCUT2D eigenvalue weighted by atomic mass is 10.2. The molecule has 0 spiro atoms. The zero-order valence-electron chi connectivity index (χ0n) is 14.9. The monoisotopic (exact) mass is 389 g/mol. The number of rotatable bonds is 7. The number of hydrogen-bond acceptors (Lipinski definition) is 5. The molecule has 0 aliphatic heterocycles. The van der Waals surface area contributed by atoms with Gasteiger partial charge in [-0.3, -0.25) is 0 Å². The molecular formula is C17H23N7S2. The van der Waals surface area contributed by atoms with Crippen molar-refractivity contribution in [2.45, 2.75) is 26.7 Å². The molecule has 2 aromatic rings. The van der Waals surface area contributed by atoms with Gasteiger partial charge in [-0.15, -0.1) is 0 Å². The van der Waals surface area contributed by atoms with Crippen LogP contribution < -0.4 is 21.3 Å². The van der Waals surface area contributed by atoms with Crippen molar-refractivity contribution in [1.29, 1.82) is 0 Å². The van der Waals surface area contributed by atoms with Crippen molar-refractivity contribution in [1.82, 2.24) is 25.6 Å². The first kappa shape index (κ1) is 19.9. The SMILES string of the molecule is CCCNC(=S)Nc1nc(NC(=S)NCCC)nc(-c2ccccc2)n1. The van der Waals surface area contributed by atoms with Crippen LogP contribution in [-0.4, -0.2) is 38.3 Å². The number of hydrogen-bond donors (Lipinski definition) is 4. The molecule has 0 aliphatic carbocycles. The van der Waals surface area contributed by atoms with Crippen LogP contribution in [0.4, 0.5) is 11.9 Å². The highest BCUT2D eigenvalue weighted by Gasteiger charge is 2.10. The smallest absolute Gasteiger partial charge is 0.234 e. The summed E-state index contributed by atoms with van der Waals surface area (Å²) in [6, 6.07) is 9.67. The second-order valence-electron chi connectivity index (χ2n) is 5.43. The summed E-state index contributed by atoms with van der Waals surface area (Å²) in [7, 11) is 0. The Kier molecular flexibility index (Phi) is 8.10. The Bertz CT molecular complexity index is 697. The largest absolute Gasteiger partial charge is 0.362 e. The Morgan fingerprint density at radius 1 is 0.808 bits per heavy atom. The number of anilines is 2. The van der Waals surface area contributed by atoms with E-state index in [1.165, 1.54) is 0 Å². The number of nitrogens with zero attached hydrogens (tertiary/aromatic N) is 3. The summed E-state index contributed by atoms with van der Waals surface area (Å²) >= 11 is 10.5. The van der Waals surface area contributed by atoms with Gasteiger partial charge in [-0.1, -0.05) is 44.2 Å². The quantitative estimate of drug-likeness (QED) is 0.534. The van der Waals surface area contributed by atoms with E-state index in [1.54, 1.807) is 0 Å². The average molecular weight is 390 g/mol. The van der Waals surface area contributed by atoms with Crippen LogP contribution >= 0.6 is 24.4 Å². The molecule has 0 saturated carbocycles. The molecule has 0 fully saturated rings. The fourth-order valence-corrected chi connectivity index (χ4v) is 2.36. The summed E-state index contributed by atoms with van der Waals surface area (Å²) in [5, 5.41) is 13.1. The van der Waals surface area contributed by atoms with Crippen molar-refractivity contribution >= 4 is 46.6 Å². The van der Waals surface area contributed by atoms with Gasteiger partial charge in [0.25, 0.3) is 0 Å². The Morgan fingerprint density at radius 3 is 1.77 bits per heavy atom. The first-order chi connectivity index (χ1) is 12.6. The van der Waals surface area contributed by atoms with Crippen molar-refractivity contribution in [3.05, 3.63) is 30.3 Å². The van der Waals surface area contributed by atoms with E-state index >= 15 is 0 Å². The number of benzene rings is 1. The number of thiocarbonyl (C=S) groups is 2. The van der Waals surface area contributed by atoms with E-state index in [2.05, 4.69) is 50.1 Å². The van der Waals surface area contributed by atoms with Crippen molar-refractivity contribution < 1.29 is 0 Å². The molecule has 138 valence electrons. The van der Waals surface area contributed by atoms with Crippen LogP contribution in [0.5, 0.6) is 0 Å². The molecule has 0 atom stereocenters. The predicted octanol–water partition coefficient (Wildman–Crippen LogP) is 2.93. The van der Waals surface area contributed by atoms with Crippen molar-refractivity contribution in [3.8, 4) is 11.4 Å². The topological polar surface area (TPSA) is 86.8 Å². The van der Waals surface area contributed by atoms with Gasteiger partial charge in [0.15, 0.2) is 16.0 Å². The molecule has 1 aromatic heterocycles. The highest BCUT2D eigenvalue weighted by molar-refractivity contribution is 7.80. The first-order valence-corrected chi connectivity index (χ1v) is 9.35. The van der Waals surface area contributed by atoms with Crippen LogP contribution in [0.15, 0.2) is 30.3 Å². The van der Waals surface area contributed by atoms with E-state index in [9.17, 15) is 0 Å². The third-order valence-electron chi connectivity index (χ3n) is 3.19. The van der Waals surface area contributed by atoms with Crippen molar-refractivity contribution in [3.63, 3.8) is 0 Å². The van der Waals surface area contributed by atoms with E-state index in [0.717, 1.165) is 31.5 Å². The van der Waals surface area contributed by atoms with E-state index in [4.69, 9.17) is 24.4 Å². The Labute approximate surface area is 164 Å². The van der Waals surface area contributed by atoms with Gasteiger partial charge in [0.05, 0.1) is 0 Å². The predicted molar refractivity (Wildman–Crippen MR) is 114 cm³/mol. The zero-order valence-corrected chi connectivity index (χ0v) is 16.5. The van der Waals surface area contributed by atoms with E-state index in [1.807, 2.05) is 30.3 Å². The van der Waals surface area contributed by atoms with Crippen molar-refractivity contribution in [2.75, 3.05) is 23.7 Å². The minimum absolute atomic E-state index is 0.355. The minimum Gasteiger partial charge on any atom is -0.362 e. The summed E-state index contributed by atoms with van der Waals surface area (Å²) < 4.78 is 0. The number of aromatic nitrogens is 3. The lowest BCUT2D eigenvalue weighted by molar-refractivity contribution is 0.844. The van der Waals surface area contributed by atoms with Gasteiger partial charge in [0, 0.05) is 18.7 Å². The van der Waals surface area contributed by atoms with Gasteiger partial charge in [-0.2, -0.15) is 15.0 Å². The summed E-state index contributed by atoms with van der Waals surface area (Å²) in [5.41, 5.74) is 0.876. The standard InChI is InChI=1S/C17H23N7S2/c1-3-10-18-16(25)23-14-20-13(12-8-6-5-7-9-12)21-15(22-14)24-17(26)19-11-4-2/h5-9H,3-4,10-11H2,1-2H3,(H4,18,19,20,21,22,23,24,25,26). The maximum absolute atomic E-state index is 5.27. The molecule has 0 aliphatic rings. The van der Waals surface area contributed by atoms with Crippen LogP contribution in [0, 0.1) is 0 Å². The maximum atomic E-state index is 5.27. The fourth-order valence-electron chi connectivity index (χ4n) is 1.97. The van der Waals surface area contributed by atoms with Gasteiger partial charge in [0.1, 0.15) is 0 Å². The maximum Gasteiger partial charge on any atom is 0.234 e. The lowest BCUT2D eigenvalue weighted by Gasteiger charge is -2.12. The molecular weight excluding hydrogens is 366 g/mol. The molecule has 4 N–H and O–H groups in total. The Hall–Kier alpha value is -2.39. The second kappa shape index (κ2) is 10.6.